The van der Waals surface area contributed by atoms with Gasteiger partial charge in [0.15, 0.2) is 0 Å². The summed E-state index contributed by atoms with van der Waals surface area (Å²) in [6, 6.07) is 14.1. The number of alkyl halides is 1. The zero-order valence-electron chi connectivity index (χ0n) is 34.9. The van der Waals surface area contributed by atoms with Crippen LogP contribution in [-0.4, -0.2) is 83.8 Å². The third-order valence-electron chi connectivity index (χ3n) is 14.1. The molecule has 0 atom stereocenters. The average molecular weight is 838 g/mol. The molecule has 5 fully saturated rings. The van der Waals surface area contributed by atoms with E-state index in [0.717, 1.165) is 61.4 Å². The highest BCUT2D eigenvalue weighted by molar-refractivity contribution is 7.98. The highest BCUT2D eigenvalue weighted by Crippen LogP contribution is 2.79. The standard InChI is InChI=1S/C46H56FN7O5S/c1-4-44-27-45(28-44,29-44)37-24-43(2,3)11-9-32(37)26-52-15-17-53(18-16-52)33-5-7-36(40(22-33)59-34-21-31-10-14-48-41(31)49-25-34)42(55)51-60-35-6-8-38(39(23-35)54(56)57)50-30-46(47)12-19-58-20-13-46/h5-8,10,14,21-23,25,50H,4,9,11-13,15-20,24,26-30H2,1-3H3,(H,48,49)(H,51,55). The Hall–Kier alpha value is -4.66. The van der Waals surface area contributed by atoms with Crippen molar-refractivity contribution in [3.63, 3.8) is 0 Å². The van der Waals surface area contributed by atoms with Crippen molar-refractivity contribution in [1.82, 2.24) is 19.6 Å². The van der Waals surface area contributed by atoms with Crippen molar-refractivity contribution in [3.8, 4) is 11.5 Å². The first-order valence-electron chi connectivity index (χ1n) is 21.5. The molecule has 3 saturated carbocycles. The second kappa shape index (κ2) is 16.0. The van der Waals surface area contributed by atoms with Crippen molar-refractivity contribution >= 4 is 46.0 Å². The fourth-order valence-corrected chi connectivity index (χ4v) is 11.1. The van der Waals surface area contributed by atoms with E-state index in [-0.39, 0.29) is 30.8 Å². The largest absolute Gasteiger partial charge is 0.455 e. The predicted molar refractivity (Wildman–Crippen MR) is 234 cm³/mol. The number of pyridine rings is 1. The maximum Gasteiger partial charge on any atom is 0.293 e. The maximum atomic E-state index is 15.2. The lowest BCUT2D eigenvalue weighted by atomic mass is 9.31. The lowest BCUT2D eigenvalue weighted by Crippen LogP contribution is -2.63. The minimum Gasteiger partial charge on any atom is -0.455 e. The number of piperazine rings is 1. The Balaban J connectivity index is 0.888. The van der Waals surface area contributed by atoms with Crippen LogP contribution >= 0.6 is 11.9 Å². The van der Waals surface area contributed by atoms with Crippen LogP contribution in [0.15, 0.2) is 77.0 Å². The molecule has 60 heavy (non-hydrogen) atoms. The number of nitro benzene ring substituents is 1. The van der Waals surface area contributed by atoms with Gasteiger partial charge in [0.05, 0.1) is 16.7 Å². The number of carbonyl (C=O) groups excluding carboxylic acids is 1. The Kier molecular flexibility index (Phi) is 10.9. The van der Waals surface area contributed by atoms with Gasteiger partial charge in [-0.1, -0.05) is 38.3 Å². The van der Waals surface area contributed by atoms with Crippen molar-refractivity contribution in [2.45, 2.75) is 89.1 Å². The number of hydrogen-bond donors (Lipinski definition) is 3. The Morgan fingerprint density at radius 1 is 1.05 bits per heavy atom. The molecule has 3 N–H and O–H groups in total. The van der Waals surface area contributed by atoms with Gasteiger partial charge >= 0.3 is 0 Å². The Labute approximate surface area is 355 Å². The number of rotatable bonds is 14. The van der Waals surface area contributed by atoms with Crippen LogP contribution in [0.5, 0.6) is 11.5 Å². The third kappa shape index (κ3) is 8.22. The number of H-pyrrole nitrogens is 1. The van der Waals surface area contributed by atoms with Gasteiger partial charge in [-0.3, -0.25) is 24.5 Å². The smallest absolute Gasteiger partial charge is 0.293 e. The van der Waals surface area contributed by atoms with Crippen molar-refractivity contribution in [2.75, 3.05) is 62.7 Å². The van der Waals surface area contributed by atoms with Gasteiger partial charge in [-0.05, 0) is 103 Å². The Morgan fingerprint density at radius 3 is 2.58 bits per heavy atom. The molecular formula is C46H56FN7O5S. The number of benzene rings is 2. The highest BCUT2D eigenvalue weighted by atomic mass is 32.2. The minimum atomic E-state index is -1.50. The van der Waals surface area contributed by atoms with Crippen molar-refractivity contribution in [2.24, 2.45) is 16.2 Å². The molecule has 14 heteroatoms. The number of aromatic amines is 1. The average Bonchev–Trinajstić information content (AvgIpc) is 3.68. The fourth-order valence-electron chi connectivity index (χ4n) is 10.5. The molecule has 4 aliphatic carbocycles. The molecule has 2 saturated heterocycles. The van der Waals surface area contributed by atoms with E-state index in [2.05, 4.69) is 50.6 Å². The van der Waals surface area contributed by atoms with E-state index in [0.29, 0.717) is 51.4 Å². The maximum absolute atomic E-state index is 15.2. The molecule has 2 bridgehead atoms. The van der Waals surface area contributed by atoms with Crippen molar-refractivity contribution < 1.29 is 23.6 Å². The van der Waals surface area contributed by atoms with E-state index in [1.54, 1.807) is 30.0 Å². The van der Waals surface area contributed by atoms with E-state index in [1.165, 1.54) is 51.0 Å². The van der Waals surface area contributed by atoms with Gasteiger partial charge in [0.25, 0.3) is 11.6 Å². The number of ether oxygens (including phenoxy) is 2. The number of nitrogens with zero attached hydrogens (tertiary/aromatic N) is 4. The second-order valence-corrected chi connectivity index (χ2v) is 19.7. The molecule has 2 aliphatic heterocycles. The minimum absolute atomic E-state index is 0.0562. The number of amides is 1. The van der Waals surface area contributed by atoms with Crippen LogP contribution in [0.4, 0.5) is 21.5 Å². The van der Waals surface area contributed by atoms with E-state index in [9.17, 15) is 14.9 Å². The predicted octanol–water partition coefficient (Wildman–Crippen LogP) is 9.84. The number of nitro groups is 1. The monoisotopic (exact) mass is 837 g/mol. The number of anilines is 2. The number of hydrogen-bond acceptors (Lipinski definition) is 10. The lowest BCUT2D eigenvalue weighted by Gasteiger charge is -2.73. The van der Waals surface area contributed by atoms with Crippen LogP contribution in [0.2, 0.25) is 0 Å². The zero-order valence-corrected chi connectivity index (χ0v) is 35.7. The first-order chi connectivity index (χ1) is 28.8. The summed E-state index contributed by atoms with van der Waals surface area (Å²) in [5.74, 6) is 0.458. The van der Waals surface area contributed by atoms with Crippen molar-refractivity contribution in [1.29, 1.82) is 0 Å². The second-order valence-electron chi connectivity index (χ2n) is 18.8. The molecule has 0 radical (unpaired) electrons. The summed E-state index contributed by atoms with van der Waals surface area (Å²) in [5.41, 5.74) is 5.56. The number of nitrogens with one attached hydrogen (secondary N) is 3. The molecule has 2 aromatic carbocycles. The van der Waals surface area contributed by atoms with E-state index in [1.807, 2.05) is 36.0 Å². The van der Waals surface area contributed by atoms with Gasteiger partial charge in [0.1, 0.15) is 28.5 Å². The quantitative estimate of drug-likeness (QED) is 0.0487. The molecule has 318 valence electrons. The van der Waals surface area contributed by atoms with Gasteiger partial charge < -0.3 is 24.7 Å². The SMILES string of the molecule is CCC12CC(C3=C(CN4CCN(c5ccc(C(=O)NSc6ccc(NCC7(F)CCOCC7)c([N+](=O)[O-])c6)c(Oc6cnc7[nH]ccc7c6)c5)CC4)CCC(C)(C)C3)(C1)C2. The Bertz CT molecular complexity index is 2290. The summed E-state index contributed by atoms with van der Waals surface area (Å²) in [6.07, 6.45) is 13.2. The summed E-state index contributed by atoms with van der Waals surface area (Å²) in [7, 11) is 0. The summed E-state index contributed by atoms with van der Waals surface area (Å²) in [6.45, 7) is 12.6. The normalized spacial score (nSPS) is 24.7. The van der Waals surface area contributed by atoms with Gasteiger partial charge in [0.2, 0.25) is 0 Å². The first kappa shape index (κ1) is 40.7. The topological polar surface area (TPSA) is 138 Å². The van der Waals surface area contributed by atoms with Crippen LogP contribution in [0.25, 0.3) is 11.0 Å². The number of halogens is 1. The van der Waals surface area contributed by atoms with Gasteiger partial charge in [-0.15, -0.1) is 0 Å². The molecule has 1 amide bonds. The molecule has 4 aromatic rings. The molecule has 2 aromatic heterocycles. The summed E-state index contributed by atoms with van der Waals surface area (Å²) >= 11 is 0.969. The number of aromatic nitrogens is 2. The molecule has 0 unspecified atom stereocenters. The fraction of sp³-hybridized carbons (Fsp3) is 0.522. The van der Waals surface area contributed by atoms with E-state index < -0.39 is 16.5 Å². The van der Waals surface area contributed by atoms with Gasteiger partial charge in [0, 0.05) is 99.6 Å². The molecule has 6 aliphatic rings. The van der Waals surface area contributed by atoms with Crippen LogP contribution in [0, 0.1) is 26.4 Å². The number of carbonyl (C=O) groups is 1. The first-order valence-corrected chi connectivity index (χ1v) is 22.3. The number of allylic oxidation sites excluding steroid dienone is 1. The van der Waals surface area contributed by atoms with Crippen molar-refractivity contribution in [3.05, 3.63) is 87.7 Å². The van der Waals surface area contributed by atoms with Gasteiger partial charge in [-0.2, -0.15) is 0 Å². The Morgan fingerprint density at radius 2 is 1.83 bits per heavy atom. The molecule has 12 nitrogen and oxygen atoms in total. The van der Waals surface area contributed by atoms with Crippen LogP contribution in [0.3, 0.4) is 0 Å². The van der Waals surface area contributed by atoms with E-state index >= 15 is 4.39 Å². The molecular weight excluding hydrogens is 782 g/mol. The summed E-state index contributed by atoms with van der Waals surface area (Å²) < 4.78 is 29.8. The van der Waals surface area contributed by atoms with Gasteiger partial charge in [-0.25, -0.2) is 9.37 Å². The van der Waals surface area contributed by atoms with Crippen LogP contribution in [-0.2, 0) is 4.74 Å². The highest BCUT2D eigenvalue weighted by Gasteiger charge is 2.68. The zero-order chi connectivity index (χ0) is 41.7. The lowest BCUT2D eigenvalue weighted by molar-refractivity contribution is -0.384. The summed E-state index contributed by atoms with van der Waals surface area (Å²) in [5, 5.41) is 15.9. The third-order valence-corrected chi connectivity index (χ3v) is 14.9. The molecule has 10 rings (SSSR count). The summed E-state index contributed by atoms with van der Waals surface area (Å²) in [4.78, 5) is 38.4. The number of fused-ring (bicyclic) bond motifs is 1. The van der Waals surface area contributed by atoms with Crippen LogP contribution in [0.1, 0.15) is 88.9 Å². The molecule has 4 heterocycles. The molecule has 0 spiro atoms. The van der Waals surface area contributed by atoms with E-state index in [4.69, 9.17) is 9.47 Å². The van der Waals surface area contributed by atoms with Crippen LogP contribution < -0.4 is 19.7 Å².